The van der Waals surface area contributed by atoms with Crippen LogP contribution in [0.1, 0.15) is 24.5 Å². The monoisotopic (exact) mass is 542 g/mol. The molecule has 1 aromatic rings. The van der Waals surface area contributed by atoms with Crippen molar-refractivity contribution in [3.8, 4) is 5.75 Å². The van der Waals surface area contributed by atoms with Crippen LogP contribution in [0.5, 0.6) is 5.75 Å². The molecule has 1 amide bonds. The largest absolute Gasteiger partial charge is 0.508 e. The molecule has 5 rings (SSSR count). The summed E-state index contributed by atoms with van der Waals surface area (Å²) >= 11 is 0. The smallest absolute Gasteiger partial charge is 0.259 e. The molecule has 4 aliphatic rings. The Kier molecular flexibility index (Phi) is 6.59. The number of piperazine rings is 1. The number of phenols is 1. The fraction of sp³-hybridized carbons (Fsp3) is 0.519. The zero-order chi connectivity index (χ0) is 28.4. The van der Waals surface area contributed by atoms with Gasteiger partial charge in [-0.1, -0.05) is 12.1 Å². The summed E-state index contributed by atoms with van der Waals surface area (Å²) in [5, 5.41) is 62.3. The molecule has 3 aliphatic carbocycles. The number of carbonyl (C=O) groups excluding carboxylic acids is 3. The Hall–Kier alpha value is -3.29. The molecule has 12 nitrogen and oxygen atoms in total. The molecular formula is C27H34N4O8. The molecule has 7 N–H and O–H groups in total. The number of likely N-dealkylation sites (N-methyl/N-ethyl adjacent to an activating group) is 1. The lowest BCUT2D eigenvalue weighted by atomic mass is 9.54. The van der Waals surface area contributed by atoms with Gasteiger partial charge in [-0.2, -0.15) is 0 Å². The third kappa shape index (κ3) is 3.89. The molecule has 5 atom stereocenters. The number of nitrogens with zero attached hydrogens (tertiary/aromatic N) is 2. The molecule has 1 heterocycles. The Morgan fingerprint density at radius 2 is 1.82 bits per heavy atom. The number of nitrogens with one attached hydrogen (secondary N) is 2. The predicted molar refractivity (Wildman–Crippen MR) is 138 cm³/mol. The van der Waals surface area contributed by atoms with Gasteiger partial charge < -0.3 is 36.2 Å². The van der Waals surface area contributed by atoms with Gasteiger partial charge >= 0.3 is 0 Å². The van der Waals surface area contributed by atoms with Gasteiger partial charge in [-0.05, 0) is 39.1 Å². The van der Waals surface area contributed by atoms with Crippen molar-refractivity contribution in [2.45, 2.75) is 30.6 Å². The van der Waals surface area contributed by atoms with Gasteiger partial charge in [0.2, 0.25) is 5.78 Å². The third-order valence-corrected chi connectivity index (χ3v) is 8.67. The highest BCUT2D eigenvalue weighted by atomic mass is 16.3. The van der Waals surface area contributed by atoms with Gasteiger partial charge in [-0.25, -0.2) is 0 Å². The Balaban J connectivity index is 1.63. The number of carbonyl (C=O) groups is 3. The maximum atomic E-state index is 14.1. The summed E-state index contributed by atoms with van der Waals surface area (Å²) in [6.45, 7) is 4.30. The van der Waals surface area contributed by atoms with Crippen LogP contribution in [0.4, 0.5) is 0 Å². The minimum Gasteiger partial charge on any atom is -0.508 e. The number of rotatable bonds is 4. The number of benzene rings is 1. The van der Waals surface area contributed by atoms with Crippen LogP contribution in [0.25, 0.3) is 5.76 Å². The van der Waals surface area contributed by atoms with E-state index in [1.165, 1.54) is 30.0 Å². The molecule has 1 saturated carbocycles. The Morgan fingerprint density at radius 1 is 1.15 bits per heavy atom. The molecule has 0 aromatic heterocycles. The molecular weight excluding hydrogens is 508 g/mol. The minimum atomic E-state index is -2.73. The summed E-state index contributed by atoms with van der Waals surface area (Å²) in [5.41, 5.74) is -5.58. The van der Waals surface area contributed by atoms with Crippen molar-refractivity contribution >= 4 is 23.2 Å². The van der Waals surface area contributed by atoms with Crippen LogP contribution >= 0.6 is 0 Å². The van der Waals surface area contributed by atoms with Gasteiger partial charge in [-0.15, -0.1) is 0 Å². The van der Waals surface area contributed by atoms with Gasteiger partial charge in [0, 0.05) is 43.6 Å². The first-order valence-corrected chi connectivity index (χ1v) is 12.9. The minimum absolute atomic E-state index is 0.0972. The molecule has 0 bridgehead atoms. The van der Waals surface area contributed by atoms with Crippen LogP contribution < -0.4 is 10.6 Å². The van der Waals surface area contributed by atoms with E-state index in [0.717, 1.165) is 13.1 Å². The summed E-state index contributed by atoms with van der Waals surface area (Å²) in [4.78, 5) is 44.4. The first kappa shape index (κ1) is 27.3. The molecule has 1 aliphatic heterocycles. The maximum Gasteiger partial charge on any atom is 0.259 e. The van der Waals surface area contributed by atoms with E-state index in [-0.39, 0.29) is 35.5 Å². The summed E-state index contributed by atoms with van der Waals surface area (Å²) in [6, 6.07) is 3.10. The number of Topliss-reactive ketones (excluding diaryl/α,β-unsaturated/α-hetero) is 2. The van der Waals surface area contributed by atoms with Crippen LogP contribution in [-0.2, 0) is 20.0 Å². The standard InChI is InChI=1S/C27H34N4O8/c1-26(38)13-5-4-6-16(32)17(13)21(33)18-14(26)11-15-20(30(2)3)22(34)19(24(36)27(15,39)23(18)35)25(37)29-12-31-9-7-28-8-10-31/h4-6,14-15,20,28,32-33,36,38-39H,7-12H2,1-3H3,(H,29,37)/t14-,15-,20-,26+,27-/m0/s1. The second kappa shape index (κ2) is 9.42. The van der Waals surface area contributed by atoms with E-state index in [1.807, 2.05) is 4.90 Å². The van der Waals surface area contributed by atoms with Gasteiger partial charge in [0.05, 0.1) is 23.9 Å². The van der Waals surface area contributed by atoms with Crippen LogP contribution in [0, 0.1) is 11.8 Å². The van der Waals surface area contributed by atoms with Crippen LogP contribution in [0.2, 0.25) is 0 Å². The summed E-state index contributed by atoms with van der Waals surface area (Å²) in [6.07, 6.45) is -0.182. The number of hydrogen-bond donors (Lipinski definition) is 7. The van der Waals surface area contributed by atoms with E-state index >= 15 is 0 Å². The highest BCUT2D eigenvalue weighted by Gasteiger charge is 2.66. The van der Waals surface area contributed by atoms with Crippen molar-refractivity contribution in [2.75, 3.05) is 46.9 Å². The van der Waals surface area contributed by atoms with Gasteiger partial charge in [0.1, 0.15) is 22.8 Å². The predicted octanol–water partition coefficient (Wildman–Crippen LogP) is -0.877. The number of hydrogen-bond acceptors (Lipinski definition) is 11. The topological polar surface area (TPSA) is 183 Å². The second-order valence-corrected chi connectivity index (χ2v) is 11.1. The third-order valence-electron chi connectivity index (χ3n) is 8.67. The van der Waals surface area contributed by atoms with Gasteiger partial charge in [0.25, 0.3) is 5.91 Å². The summed E-state index contributed by atoms with van der Waals surface area (Å²) in [7, 11) is 3.11. The van der Waals surface area contributed by atoms with E-state index in [2.05, 4.69) is 10.6 Å². The lowest BCUT2D eigenvalue weighted by Gasteiger charge is -2.53. The Bertz CT molecular complexity index is 1310. The molecule has 12 heteroatoms. The fourth-order valence-corrected chi connectivity index (χ4v) is 6.62. The van der Waals surface area contributed by atoms with Crippen molar-refractivity contribution in [1.29, 1.82) is 0 Å². The average Bonchev–Trinajstić information content (AvgIpc) is 2.88. The number of aliphatic hydroxyl groups excluding tert-OH is 2. The summed E-state index contributed by atoms with van der Waals surface area (Å²) in [5.74, 6) is -7.24. The highest BCUT2D eigenvalue weighted by Crippen LogP contribution is 2.57. The SMILES string of the molecule is CN(C)[C@@H]1C(=O)C(C(=O)NCN2CCNCC2)=C(O)[C@@]2(O)C(=O)C3=C(O)c4c(O)cccc4[C@@](C)(O)[C@H]3C[C@@H]12. The van der Waals surface area contributed by atoms with Crippen molar-refractivity contribution in [3.63, 3.8) is 0 Å². The molecule has 0 spiro atoms. The van der Waals surface area contributed by atoms with Crippen LogP contribution in [0.3, 0.4) is 0 Å². The van der Waals surface area contributed by atoms with Crippen molar-refractivity contribution in [1.82, 2.24) is 20.4 Å². The van der Waals surface area contributed by atoms with Crippen LogP contribution in [0.15, 0.2) is 35.1 Å². The first-order valence-electron chi connectivity index (χ1n) is 12.9. The first-order chi connectivity index (χ1) is 18.3. The van der Waals surface area contributed by atoms with E-state index in [1.54, 1.807) is 14.1 Å². The normalized spacial score (nSPS) is 33.1. The lowest BCUT2D eigenvalue weighted by Crippen LogP contribution is -2.67. The lowest BCUT2D eigenvalue weighted by molar-refractivity contribution is -0.159. The fourth-order valence-electron chi connectivity index (χ4n) is 6.62. The highest BCUT2D eigenvalue weighted by molar-refractivity contribution is 6.25. The Labute approximate surface area is 225 Å². The number of phenolic OH excluding ortho intramolecular Hbond substituents is 1. The van der Waals surface area contributed by atoms with E-state index in [9.17, 15) is 39.9 Å². The van der Waals surface area contributed by atoms with E-state index in [0.29, 0.717) is 13.1 Å². The molecule has 2 fully saturated rings. The molecule has 1 saturated heterocycles. The van der Waals surface area contributed by atoms with Gasteiger partial charge in [-0.3, -0.25) is 24.2 Å². The number of amides is 1. The Morgan fingerprint density at radius 3 is 2.46 bits per heavy atom. The number of aliphatic hydroxyl groups is 4. The zero-order valence-electron chi connectivity index (χ0n) is 22.1. The maximum absolute atomic E-state index is 14.1. The second-order valence-electron chi connectivity index (χ2n) is 11.1. The molecule has 1 aromatic carbocycles. The van der Waals surface area contributed by atoms with Crippen LogP contribution in [-0.4, -0.2) is 111 Å². The van der Waals surface area contributed by atoms with E-state index in [4.69, 9.17) is 0 Å². The number of aromatic hydroxyl groups is 1. The molecule has 0 unspecified atom stereocenters. The van der Waals surface area contributed by atoms with Crippen molar-refractivity contribution in [2.24, 2.45) is 11.8 Å². The number of fused-ring (bicyclic) bond motifs is 3. The van der Waals surface area contributed by atoms with Crippen molar-refractivity contribution in [3.05, 3.63) is 46.2 Å². The zero-order valence-corrected chi connectivity index (χ0v) is 22.1. The number of ketones is 2. The van der Waals surface area contributed by atoms with E-state index < -0.39 is 63.6 Å². The summed E-state index contributed by atoms with van der Waals surface area (Å²) < 4.78 is 0. The molecule has 210 valence electrons. The van der Waals surface area contributed by atoms with Gasteiger partial charge in [0.15, 0.2) is 11.4 Å². The quantitative estimate of drug-likeness (QED) is 0.235. The molecule has 39 heavy (non-hydrogen) atoms. The average molecular weight is 543 g/mol. The van der Waals surface area contributed by atoms with Crippen molar-refractivity contribution < 1.29 is 39.9 Å². The molecule has 0 radical (unpaired) electrons.